The molecule has 0 atom stereocenters. The predicted octanol–water partition coefficient (Wildman–Crippen LogP) is 0.819. The molecule has 6 nitrogen and oxygen atoms in total. The Hall–Kier alpha value is -1.37. The van der Waals surface area contributed by atoms with Gasteiger partial charge in [-0.3, -0.25) is 4.79 Å². The van der Waals surface area contributed by atoms with E-state index in [0.717, 1.165) is 0 Å². The molecule has 1 amide bonds. The van der Waals surface area contributed by atoms with Crippen LogP contribution in [0.25, 0.3) is 0 Å². The molecule has 1 N–H and O–H groups in total. The van der Waals surface area contributed by atoms with E-state index in [2.05, 4.69) is 5.32 Å². The van der Waals surface area contributed by atoms with E-state index in [-0.39, 0.29) is 11.7 Å². The van der Waals surface area contributed by atoms with E-state index in [1.807, 2.05) is 0 Å². The monoisotopic (exact) mass is 257 g/mol. The van der Waals surface area contributed by atoms with Crippen molar-refractivity contribution in [3.05, 3.63) is 23.7 Å². The van der Waals surface area contributed by atoms with Gasteiger partial charge in [-0.2, -0.15) is 0 Å². The fraction of sp³-hybridized carbons (Fsp3) is 0.583. The summed E-state index contributed by atoms with van der Waals surface area (Å²) in [5.41, 5.74) is 0. The van der Waals surface area contributed by atoms with Crippen LogP contribution >= 0.6 is 0 Å². The van der Waals surface area contributed by atoms with Crippen LogP contribution in [-0.4, -0.2) is 46.5 Å². The zero-order chi connectivity index (χ0) is 13.2. The molecule has 0 aliphatic rings. The highest BCUT2D eigenvalue weighted by atomic mass is 16.5. The van der Waals surface area contributed by atoms with Crippen molar-refractivity contribution in [1.82, 2.24) is 5.32 Å². The first-order valence-electron chi connectivity index (χ1n) is 5.70. The van der Waals surface area contributed by atoms with Gasteiger partial charge in [-0.25, -0.2) is 0 Å². The van der Waals surface area contributed by atoms with Crippen LogP contribution < -0.4 is 5.32 Å². The average molecular weight is 257 g/mol. The summed E-state index contributed by atoms with van der Waals surface area (Å²) in [4.78, 5) is 11.6. The number of nitrogens with one attached hydrogen (secondary N) is 1. The highest BCUT2D eigenvalue weighted by Gasteiger charge is 2.10. The van der Waals surface area contributed by atoms with Gasteiger partial charge >= 0.3 is 0 Å². The summed E-state index contributed by atoms with van der Waals surface area (Å²) < 4.78 is 20.2. The molecular weight excluding hydrogens is 238 g/mol. The number of carbonyl (C=O) groups is 1. The lowest BCUT2D eigenvalue weighted by Gasteiger charge is -2.04. The van der Waals surface area contributed by atoms with Crippen LogP contribution in [0.3, 0.4) is 0 Å². The second-order valence-electron chi connectivity index (χ2n) is 3.56. The van der Waals surface area contributed by atoms with Gasteiger partial charge in [0.05, 0.1) is 19.8 Å². The normalized spacial score (nSPS) is 10.6. The first kappa shape index (κ1) is 14.7. The summed E-state index contributed by atoms with van der Waals surface area (Å²) >= 11 is 0. The Kier molecular flexibility index (Phi) is 7.09. The molecular formula is C12H19NO5. The van der Waals surface area contributed by atoms with E-state index in [4.69, 9.17) is 18.6 Å². The van der Waals surface area contributed by atoms with Crippen molar-refractivity contribution in [3.63, 3.8) is 0 Å². The molecule has 0 saturated heterocycles. The van der Waals surface area contributed by atoms with Crippen LogP contribution in [0.5, 0.6) is 0 Å². The summed E-state index contributed by atoms with van der Waals surface area (Å²) in [6, 6.07) is 3.34. The van der Waals surface area contributed by atoms with Crippen LogP contribution in [0.2, 0.25) is 0 Å². The Morgan fingerprint density at radius 2 is 2.06 bits per heavy atom. The lowest BCUT2D eigenvalue weighted by atomic mass is 10.4. The number of amides is 1. The SMILES string of the molecule is COCCOCCNC(=O)c1ccc(COC)o1. The number of hydrogen-bond acceptors (Lipinski definition) is 5. The fourth-order valence-corrected chi connectivity index (χ4v) is 1.29. The van der Waals surface area contributed by atoms with Gasteiger partial charge in [0.2, 0.25) is 0 Å². The topological polar surface area (TPSA) is 69.9 Å². The van der Waals surface area contributed by atoms with Gasteiger partial charge in [-0.15, -0.1) is 0 Å². The minimum atomic E-state index is -0.257. The molecule has 1 aromatic heterocycles. The molecule has 1 heterocycles. The second-order valence-corrected chi connectivity index (χ2v) is 3.56. The van der Waals surface area contributed by atoms with Gasteiger partial charge in [0.15, 0.2) is 5.76 Å². The van der Waals surface area contributed by atoms with Crippen LogP contribution in [0, 0.1) is 0 Å². The third-order valence-corrected chi connectivity index (χ3v) is 2.14. The van der Waals surface area contributed by atoms with Crippen molar-refractivity contribution in [1.29, 1.82) is 0 Å². The molecule has 0 bridgehead atoms. The maximum atomic E-state index is 11.6. The highest BCUT2D eigenvalue weighted by molar-refractivity contribution is 5.91. The molecule has 0 aliphatic carbocycles. The molecule has 1 aromatic rings. The van der Waals surface area contributed by atoms with Crippen molar-refractivity contribution in [2.24, 2.45) is 0 Å². The Balaban J connectivity index is 2.19. The van der Waals surface area contributed by atoms with E-state index >= 15 is 0 Å². The molecule has 0 saturated carbocycles. The Morgan fingerprint density at radius 3 is 2.78 bits per heavy atom. The molecule has 0 aliphatic heterocycles. The maximum absolute atomic E-state index is 11.6. The summed E-state index contributed by atoms with van der Waals surface area (Å²) in [6.45, 7) is 2.30. The van der Waals surface area contributed by atoms with Crippen molar-refractivity contribution < 1.29 is 23.4 Å². The van der Waals surface area contributed by atoms with E-state index < -0.39 is 0 Å². The lowest BCUT2D eigenvalue weighted by Crippen LogP contribution is -2.27. The van der Waals surface area contributed by atoms with Crippen LogP contribution in [0.1, 0.15) is 16.3 Å². The third-order valence-electron chi connectivity index (χ3n) is 2.14. The molecule has 1 rings (SSSR count). The van der Waals surface area contributed by atoms with Gasteiger partial charge in [-0.05, 0) is 12.1 Å². The predicted molar refractivity (Wildman–Crippen MR) is 64.4 cm³/mol. The Labute approximate surface area is 106 Å². The number of furan rings is 1. The minimum absolute atomic E-state index is 0.257. The molecule has 0 unspecified atom stereocenters. The standard InChI is InChI=1S/C12H19NO5/c1-15-7-8-17-6-5-13-12(14)11-4-3-10(18-11)9-16-2/h3-4H,5-9H2,1-2H3,(H,13,14). The largest absolute Gasteiger partial charge is 0.453 e. The summed E-state index contributed by atoms with van der Waals surface area (Å²) in [5, 5.41) is 2.69. The van der Waals surface area contributed by atoms with Crippen LogP contribution in [-0.2, 0) is 20.8 Å². The fourth-order valence-electron chi connectivity index (χ4n) is 1.29. The van der Waals surface area contributed by atoms with E-state index in [0.29, 0.717) is 38.7 Å². The Morgan fingerprint density at radius 1 is 1.22 bits per heavy atom. The van der Waals surface area contributed by atoms with Gasteiger partial charge in [0.1, 0.15) is 12.4 Å². The molecule has 0 spiro atoms. The average Bonchev–Trinajstić information content (AvgIpc) is 2.82. The van der Waals surface area contributed by atoms with E-state index in [1.54, 1.807) is 26.4 Å². The number of ether oxygens (including phenoxy) is 3. The molecule has 0 fully saturated rings. The zero-order valence-corrected chi connectivity index (χ0v) is 10.7. The summed E-state index contributed by atoms with van der Waals surface area (Å²) in [7, 11) is 3.18. The van der Waals surface area contributed by atoms with Gasteiger partial charge in [-0.1, -0.05) is 0 Å². The maximum Gasteiger partial charge on any atom is 0.287 e. The van der Waals surface area contributed by atoms with Crippen molar-refractivity contribution in [2.75, 3.05) is 40.6 Å². The van der Waals surface area contributed by atoms with Crippen LogP contribution in [0.4, 0.5) is 0 Å². The second kappa shape index (κ2) is 8.68. The summed E-state index contributed by atoms with van der Waals surface area (Å²) in [6.07, 6.45) is 0. The third kappa shape index (κ3) is 5.31. The van der Waals surface area contributed by atoms with Crippen molar-refractivity contribution in [2.45, 2.75) is 6.61 Å². The number of hydrogen-bond donors (Lipinski definition) is 1. The van der Waals surface area contributed by atoms with Crippen LogP contribution in [0.15, 0.2) is 16.5 Å². The van der Waals surface area contributed by atoms with E-state index in [1.165, 1.54) is 0 Å². The summed E-state index contributed by atoms with van der Waals surface area (Å²) in [5.74, 6) is 0.644. The van der Waals surface area contributed by atoms with Crippen molar-refractivity contribution in [3.8, 4) is 0 Å². The zero-order valence-electron chi connectivity index (χ0n) is 10.7. The molecule has 0 radical (unpaired) electrons. The first-order chi connectivity index (χ1) is 8.77. The highest BCUT2D eigenvalue weighted by Crippen LogP contribution is 2.08. The van der Waals surface area contributed by atoms with Gasteiger partial charge in [0.25, 0.3) is 5.91 Å². The Bertz CT molecular complexity index is 350. The molecule has 6 heteroatoms. The minimum Gasteiger partial charge on any atom is -0.453 e. The van der Waals surface area contributed by atoms with E-state index in [9.17, 15) is 4.79 Å². The number of carbonyl (C=O) groups excluding carboxylic acids is 1. The van der Waals surface area contributed by atoms with Gasteiger partial charge < -0.3 is 23.9 Å². The smallest absolute Gasteiger partial charge is 0.287 e. The number of methoxy groups -OCH3 is 2. The quantitative estimate of drug-likeness (QED) is 0.663. The molecule has 102 valence electrons. The first-order valence-corrected chi connectivity index (χ1v) is 5.70. The van der Waals surface area contributed by atoms with Crippen molar-refractivity contribution >= 4 is 5.91 Å². The lowest BCUT2D eigenvalue weighted by molar-refractivity contribution is 0.0686. The number of rotatable bonds is 9. The molecule has 0 aromatic carbocycles. The van der Waals surface area contributed by atoms with Gasteiger partial charge in [0, 0.05) is 20.8 Å². The molecule has 18 heavy (non-hydrogen) atoms.